The van der Waals surface area contributed by atoms with Gasteiger partial charge in [0, 0.05) is 22.4 Å². The molecule has 4 rings (SSSR count). The van der Waals surface area contributed by atoms with Crippen LogP contribution in [0.2, 0.25) is 0 Å². The van der Waals surface area contributed by atoms with Crippen LogP contribution in [-0.2, 0) is 5.54 Å². The summed E-state index contributed by atoms with van der Waals surface area (Å²) in [4.78, 5) is 25.8. The molecule has 0 fully saturated rings. The Bertz CT molecular complexity index is 1260. The van der Waals surface area contributed by atoms with Gasteiger partial charge in [-0.3, -0.25) is 9.79 Å². The normalized spacial score (nSPS) is 17.9. The number of nitrogens with one attached hydrogen (secondary N) is 1. The Balaban J connectivity index is 1.63. The van der Waals surface area contributed by atoms with Gasteiger partial charge in [-0.2, -0.15) is 0 Å². The van der Waals surface area contributed by atoms with Crippen molar-refractivity contribution in [3.8, 4) is 17.7 Å². The quantitative estimate of drug-likeness (QED) is 0.568. The van der Waals surface area contributed by atoms with Crippen molar-refractivity contribution in [3.63, 3.8) is 0 Å². The minimum Gasteiger partial charge on any atom is -0.463 e. The summed E-state index contributed by atoms with van der Waals surface area (Å²) in [5.74, 6) is 7.08. The summed E-state index contributed by atoms with van der Waals surface area (Å²) in [5.41, 5.74) is 7.90. The molecule has 1 amide bonds. The fraction of sp³-hybridized carbons (Fsp3) is 0.304. The highest BCUT2D eigenvalue weighted by Gasteiger charge is 2.33. The van der Waals surface area contributed by atoms with Gasteiger partial charge in [0.2, 0.25) is 5.88 Å². The van der Waals surface area contributed by atoms with Crippen LogP contribution in [0.15, 0.2) is 40.0 Å². The Morgan fingerprint density at radius 2 is 2.19 bits per heavy atom. The van der Waals surface area contributed by atoms with Gasteiger partial charge in [-0.05, 0) is 45.4 Å². The third-order valence-electron chi connectivity index (χ3n) is 5.10. The van der Waals surface area contributed by atoms with Crippen LogP contribution in [0.3, 0.4) is 0 Å². The number of furan rings is 1. The van der Waals surface area contributed by atoms with Gasteiger partial charge >= 0.3 is 0 Å². The molecule has 0 spiro atoms. The minimum absolute atomic E-state index is 0.173. The number of ether oxygens (including phenoxy) is 1. The summed E-state index contributed by atoms with van der Waals surface area (Å²) in [6, 6.07) is 5.70. The highest BCUT2D eigenvalue weighted by Crippen LogP contribution is 2.41. The third kappa shape index (κ3) is 4.55. The molecule has 1 atom stereocenters. The maximum Gasteiger partial charge on any atom is 0.275 e. The first-order valence-electron chi connectivity index (χ1n) is 10.1. The molecule has 2 aromatic heterocycles. The zero-order valence-electron chi connectivity index (χ0n) is 18.1. The van der Waals surface area contributed by atoms with E-state index in [2.05, 4.69) is 27.1 Å². The molecule has 164 valence electrons. The van der Waals surface area contributed by atoms with Gasteiger partial charge < -0.3 is 20.2 Å². The number of hydrogen-bond acceptors (Lipinski definition) is 8. The standard InChI is InChI=1S/C23H23N5O3S/c1-4-5-7-30-19-13-25-18(12-26-19)21(29)27-16-10-15-9-14(2)31-20(15)17(11-16)23(3)6-8-32-22(24)28-23/h9-13H,6-8H2,1-3H3,(H2,24,28)(H,27,29)/t23-/m0/s1. The number of amidine groups is 1. The summed E-state index contributed by atoms with van der Waals surface area (Å²) >= 11 is 1.54. The second-order valence-corrected chi connectivity index (χ2v) is 8.65. The number of rotatable bonds is 5. The second kappa shape index (κ2) is 8.93. The lowest BCUT2D eigenvalue weighted by molar-refractivity contribution is 0.102. The van der Waals surface area contributed by atoms with Crippen LogP contribution < -0.4 is 15.8 Å². The van der Waals surface area contributed by atoms with E-state index in [9.17, 15) is 4.79 Å². The number of aliphatic imine (C=N–C) groups is 1. The summed E-state index contributed by atoms with van der Waals surface area (Å²) in [6.07, 6.45) is 3.58. The fourth-order valence-electron chi connectivity index (χ4n) is 3.52. The van der Waals surface area contributed by atoms with Crippen LogP contribution >= 0.6 is 11.8 Å². The smallest absolute Gasteiger partial charge is 0.275 e. The predicted molar refractivity (Wildman–Crippen MR) is 126 cm³/mol. The van der Waals surface area contributed by atoms with Gasteiger partial charge in [-0.1, -0.05) is 17.7 Å². The maximum atomic E-state index is 12.8. The lowest BCUT2D eigenvalue weighted by atomic mass is 9.88. The number of amides is 1. The monoisotopic (exact) mass is 449 g/mol. The number of carbonyl (C=O) groups is 1. The molecule has 0 unspecified atom stereocenters. The molecule has 1 aliphatic heterocycles. The lowest BCUT2D eigenvalue weighted by Gasteiger charge is -2.30. The van der Waals surface area contributed by atoms with E-state index in [0.717, 1.165) is 34.5 Å². The SMILES string of the molecule is CC#CCOc1cnc(C(=O)Nc2cc([C@]3(C)CCSC(N)=N3)c3oc(C)cc3c2)cn1. The maximum absolute atomic E-state index is 12.8. The number of nitrogens with zero attached hydrogens (tertiary/aromatic N) is 3. The molecular formula is C23H23N5O3S. The number of anilines is 1. The highest BCUT2D eigenvalue weighted by atomic mass is 32.2. The molecule has 3 N–H and O–H groups in total. The summed E-state index contributed by atoms with van der Waals surface area (Å²) in [7, 11) is 0. The van der Waals surface area contributed by atoms with Crippen molar-refractivity contribution in [1.82, 2.24) is 9.97 Å². The largest absolute Gasteiger partial charge is 0.463 e. The van der Waals surface area contributed by atoms with Crippen LogP contribution in [0.25, 0.3) is 11.0 Å². The number of fused-ring (bicyclic) bond motifs is 1. The Morgan fingerprint density at radius 1 is 1.34 bits per heavy atom. The molecule has 9 heteroatoms. The molecule has 0 saturated carbocycles. The molecule has 0 aliphatic carbocycles. The van der Waals surface area contributed by atoms with Crippen LogP contribution in [0, 0.1) is 18.8 Å². The minimum atomic E-state index is -0.543. The van der Waals surface area contributed by atoms with Crippen molar-refractivity contribution in [2.24, 2.45) is 10.7 Å². The predicted octanol–water partition coefficient (Wildman–Crippen LogP) is 3.85. The summed E-state index contributed by atoms with van der Waals surface area (Å²) in [6.45, 7) is 5.87. The van der Waals surface area contributed by atoms with Crippen LogP contribution in [-0.4, -0.2) is 33.4 Å². The Hall–Kier alpha value is -3.51. The van der Waals surface area contributed by atoms with E-state index >= 15 is 0 Å². The topological polar surface area (TPSA) is 116 Å². The molecule has 32 heavy (non-hydrogen) atoms. The van der Waals surface area contributed by atoms with Crippen molar-refractivity contribution in [1.29, 1.82) is 0 Å². The van der Waals surface area contributed by atoms with Crippen LogP contribution in [0.4, 0.5) is 5.69 Å². The van der Waals surface area contributed by atoms with E-state index in [1.807, 2.05) is 32.0 Å². The second-order valence-electron chi connectivity index (χ2n) is 7.53. The summed E-state index contributed by atoms with van der Waals surface area (Å²) in [5, 5.41) is 4.34. The van der Waals surface area contributed by atoms with Crippen LogP contribution in [0.5, 0.6) is 5.88 Å². The van der Waals surface area contributed by atoms with Crippen molar-refractivity contribution in [3.05, 3.63) is 47.6 Å². The first kappa shape index (κ1) is 21.7. The average molecular weight is 450 g/mol. The molecule has 8 nitrogen and oxygen atoms in total. The van der Waals surface area contributed by atoms with E-state index in [4.69, 9.17) is 19.9 Å². The van der Waals surface area contributed by atoms with E-state index < -0.39 is 5.54 Å². The van der Waals surface area contributed by atoms with Crippen molar-refractivity contribution >= 4 is 39.5 Å². The first-order chi connectivity index (χ1) is 15.4. The number of hydrogen-bond donors (Lipinski definition) is 2. The van der Waals surface area contributed by atoms with Crippen molar-refractivity contribution in [2.75, 3.05) is 17.7 Å². The zero-order chi connectivity index (χ0) is 22.7. The first-order valence-corrected chi connectivity index (χ1v) is 11.0. The van der Waals surface area contributed by atoms with Crippen LogP contribution in [0.1, 0.15) is 42.1 Å². The van der Waals surface area contributed by atoms with E-state index in [-0.39, 0.29) is 18.2 Å². The van der Waals surface area contributed by atoms with Gasteiger partial charge in [-0.15, -0.1) is 5.92 Å². The molecule has 0 bridgehead atoms. The molecule has 3 heterocycles. The zero-order valence-corrected chi connectivity index (χ0v) is 18.9. The molecule has 1 aromatic carbocycles. The Morgan fingerprint density at radius 3 is 2.91 bits per heavy atom. The molecule has 3 aromatic rings. The third-order valence-corrected chi connectivity index (χ3v) is 5.90. The number of aryl methyl sites for hydroxylation is 1. The van der Waals surface area contributed by atoms with Crippen molar-refractivity contribution in [2.45, 2.75) is 32.7 Å². The Kier molecular flexibility index (Phi) is 6.06. The van der Waals surface area contributed by atoms with Gasteiger partial charge in [0.05, 0.1) is 17.9 Å². The lowest BCUT2D eigenvalue weighted by Crippen LogP contribution is -2.29. The molecule has 1 aliphatic rings. The van der Waals surface area contributed by atoms with Gasteiger partial charge in [0.25, 0.3) is 5.91 Å². The molecular weight excluding hydrogens is 426 g/mol. The Labute approximate surface area is 190 Å². The van der Waals surface area contributed by atoms with Gasteiger partial charge in [0.15, 0.2) is 11.8 Å². The number of thioether (sulfide) groups is 1. The average Bonchev–Trinajstić information content (AvgIpc) is 3.13. The fourth-order valence-corrected chi connectivity index (χ4v) is 4.49. The van der Waals surface area contributed by atoms with Gasteiger partial charge in [0.1, 0.15) is 17.0 Å². The highest BCUT2D eigenvalue weighted by molar-refractivity contribution is 8.13. The number of carbonyl (C=O) groups excluding carboxylic acids is 1. The van der Waals surface area contributed by atoms with Crippen molar-refractivity contribution < 1.29 is 13.9 Å². The van der Waals surface area contributed by atoms with E-state index in [1.165, 1.54) is 24.2 Å². The number of benzene rings is 1. The number of nitrogens with two attached hydrogens (primary N) is 1. The molecule has 0 saturated heterocycles. The van der Waals surface area contributed by atoms with E-state index in [0.29, 0.717) is 16.7 Å². The number of aromatic nitrogens is 2. The van der Waals surface area contributed by atoms with E-state index in [1.54, 1.807) is 6.92 Å². The van der Waals surface area contributed by atoms with Gasteiger partial charge in [-0.25, -0.2) is 9.97 Å². The summed E-state index contributed by atoms with van der Waals surface area (Å²) < 4.78 is 11.3. The molecule has 0 radical (unpaired) electrons.